The summed E-state index contributed by atoms with van der Waals surface area (Å²) in [6.45, 7) is 1.09. The molecular weight excluding hydrogens is 232 g/mol. The number of rotatable bonds is 7. The van der Waals surface area contributed by atoms with E-state index in [2.05, 4.69) is 25.1 Å². The van der Waals surface area contributed by atoms with Gasteiger partial charge < -0.3 is 15.4 Å². The molecule has 0 saturated heterocycles. The van der Waals surface area contributed by atoms with Crippen molar-refractivity contribution in [2.45, 2.75) is 6.04 Å². The molecule has 0 aliphatic rings. The van der Waals surface area contributed by atoms with Crippen LogP contribution in [0, 0.1) is 0 Å². The molecule has 0 aromatic heterocycles. The highest BCUT2D eigenvalue weighted by molar-refractivity contribution is 7.99. The highest BCUT2D eigenvalue weighted by Gasteiger charge is 2.06. The van der Waals surface area contributed by atoms with Crippen LogP contribution in [0.5, 0.6) is 5.75 Å². The third kappa shape index (κ3) is 5.44. The van der Waals surface area contributed by atoms with E-state index in [0.29, 0.717) is 0 Å². The average molecular weight is 254 g/mol. The molecule has 0 radical (unpaired) electrons. The van der Waals surface area contributed by atoms with Crippen molar-refractivity contribution in [3.05, 3.63) is 29.8 Å². The van der Waals surface area contributed by atoms with E-state index in [0.717, 1.165) is 29.4 Å². The summed E-state index contributed by atoms with van der Waals surface area (Å²) in [6, 6.07) is 8.07. The number of methoxy groups -OCH3 is 1. The highest BCUT2D eigenvalue weighted by atomic mass is 32.2. The topological polar surface area (TPSA) is 38.5 Å². The summed E-state index contributed by atoms with van der Waals surface area (Å²) >= 11 is 1.89. The second-order valence-corrected chi connectivity index (χ2v) is 5.41. The molecule has 0 heterocycles. The third-order valence-corrected chi connectivity index (χ3v) is 3.57. The van der Waals surface area contributed by atoms with E-state index in [1.807, 2.05) is 30.0 Å². The Balaban J connectivity index is 2.38. The van der Waals surface area contributed by atoms with Crippen LogP contribution in [0.15, 0.2) is 24.3 Å². The van der Waals surface area contributed by atoms with Gasteiger partial charge in [-0.3, -0.25) is 0 Å². The van der Waals surface area contributed by atoms with Gasteiger partial charge in [0.15, 0.2) is 0 Å². The maximum atomic E-state index is 6.15. The molecule has 0 bridgehead atoms. The molecule has 0 fully saturated rings. The van der Waals surface area contributed by atoms with Gasteiger partial charge in [-0.2, -0.15) is 11.8 Å². The van der Waals surface area contributed by atoms with Crippen molar-refractivity contribution < 1.29 is 4.74 Å². The fourth-order valence-electron chi connectivity index (χ4n) is 1.43. The summed E-state index contributed by atoms with van der Waals surface area (Å²) in [4.78, 5) is 2.18. The normalized spacial score (nSPS) is 12.8. The number of ether oxygens (including phenoxy) is 1. The van der Waals surface area contributed by atoms with Gasteiger partial charge in [-0.1, -0.05) is 12.1 Å². The quantitative estimate of drug-likeness (QED) is 0.755. The van der Waals surface area contributed by atoms with Gasteiger partial charge in [0.25, 0.3) is 0 Å². The van der Waals surface area contributed by atoms with Gasteiger partial charge in [-0.05, 0) is 31.8 Å². The van der Waals surface area contributed by atoms with Crippen molar-refractivity contribution in [2.24, 2.45) is 5.73 Å². The first-order valence-electron chi connectivity index (χ1n) is 5.75. The fourth-order valence-corrected chi connectivity index (χ4v) is 2.53. The van der Waals surface area contributed by atoms with E-state index in [9.17, 15) is 0 Å². The highest BCUT2D eigenvalue weighted by Crippen LogP contribution is 2.20. The Labute approximate surface area is 108 Å². The number of nitrogens with zero attached hydrogens (tertiary/aromatic N) is 1. The molecule has 1 aromatic carbocycles. The molecule has 1 unspecified atom stereocenters. The largest absolute Gasteiger partial charge is 0.497 e. The number of benzene rings is 1. The van der Waals surface area contributed by atoms with Crippen molar-refractivity contribution in [1.29, 1.82) is 0 Å². The van der Waals surface area contributed by atoms with Gasteiger partial charge in [0.05, 0.1) is 7.11 Å². The number of hydrogen-bond donors (Lipinski definition) is 1. The summed E-state index contributed by atoms with van der Waals surface area (Å²) in [6.07, 6.45) is 0. The first-order chi connectivity index (χ1) is 8.13. The molecule has 17 heavy (non-hydrogen) atoms. The molecule has 0 spiro atoms. The second kappa shape index (κ2) is 7.58. The van der Waals surface area contributed by atoms with Gasteiger partial charge in [0.1, 0.15) is 5.75 Å². The van der Waals surface area contributed by atoms with Crippen LogP contribution in [0.2, 0.25) is 0 Å². The average Bonchev–Trinajstić information content (AvgIpc) is 2.34. The van der Waals surface area contributed by atoms with Gasteiger partial charge in [-0.15, -0.1) is 0 Å². The number of nitrogens with two attached hydrogens (primary N) is 1. The minimum absolute atomic E-state index is 0.0808. The number of thioether (sulfide) groups is 1. The van der Waals surface area contributed by atoms with E-state index in [4.69, 9.17) is 10.5 Å². The van der Waals surface area contributed by atoms with Crippen LogP contribution < -0.4 is 10.5 Å². The molecule has 1 aromatic rings. The second-order valence-electron chi connectivity index (χ2n) is 4.26. The lowest BCUT2D eigenvalue weighted by molar-refractivity contribution is 0.414. The predicted molar refractivity (Wildman–Crippen MR) is 75.8 cm³/mol. The van der Waals surface area contributed by atoms with Crippen LogP contribution in [-0.2, 0) is 0 Å². The molecule has 96 valence electrons. The molecule has 0 amide bonds. The SMILES string of the molecule is COc1cccc(C(N)CSCCN(C)C)c1. The van der Waals surface area contributed by atoms with E-state index in [-0.39, 0.29) is 6.04 Å². The molecule has 4 heteroatoms. The van der Waals surface area contributed by atoms with E-state index < -0.39 is 0 Å². The minimum Gasteiger partial charge on any atom is -0.497 e. The van der Waals surface area contributed by atoms with Crippen molar-refractivity contribution in [3.8, 4) is 5.75 Å². The van der Waals surface area contributed by atoms with Crippen LogP contribution in [0.1, 0.15) is 11.6 Å². The lowest BCUT2D eigenvalue weighted by Crippen LogP contribution is -2.17. The van der Waals surface area contributed by atoms with Crippen molar-refractivity contribution in [1.82, 2.24) is 4.90 Å². The van der Waals surface area contributed by atoms with Crippen LogP contribution in [-0.4, -0.2) is 44.2 Å². The third-order valence-electron chi connectivity index (χ3n) is 2.50. The molecule has 1 rings (SSSR count). The molecule has 1 atom stereocenters. The van der Waals surface area contributed by atoms with Crippen LogP contribution >= 0.6 is 11.8 Å². The van der Waals surface area contributed by atoms with Crippen molar-refractivity contribution in [2.75, 3.05) is 39.3 Å². The molecule has 0 aliphatic carbocycles. The zero-order valence-electron chi connectivity index (χ0n) is 10.8. The summed E-state index contributed by atoms with van der Waals surface area (Å²) in [5.41, 5.74) is 7.29. The Morgan fingerprint density at radius 1 is 1.41 bits per heavy atom. The van der Waals surface area contributed by atoms with Gasteiger partial charge in [0, 0.05) is 24.1 Å². The van der Waals surface area contributed by atoms with Gasteiger partial charge in [-0.25, -0.2) is 0 Å². The van der Waals surface area contributed by atoms with Gasteiger partial charge >= 0.3 is 0 Å². The Hall–Kier alpha value is -0.710. The summed E-state index contributed by atoms with van der Waals surface area (Å²) < 4.78 is 5.19. The summed E-state index contributed by atoms with van der Waals surface area (Å²) in [5, 5.41) is 0. The van der Waals surface area contributed by atoms with E-state index in [1.165, 1.54) is 0 Å². The van der Waals surface area contributed by atoms with Crippen LogP contribution in [0.4, 0.5) is 0 Å². The van der Waals surface area contributed by atoms with E-state index in [1.54, 1.807) is 7.11 Å². The maximum Gasteiger partial charge on any atom is 0.119 e. The van der Waals surface area contributed by atoms with Crippen LogP contribution in [0.3, 0.4) is 0 Å². The lowest BCUT2D eigenvalue weighted by atomic mass is 10.1. The van der Waals surface area contributed by atoms with Crippen LogP contribution in [0.25, 0.3) is 0 Å². The lowest BCUT2D eigenvalue weighted by Gasteiger charge is -2.14. The zero-order valence-corrected chi connectivity index (χ0v) is 11.7. The fraction of sp³-hybridized carbons (Fsp3) is 0.538. The molecule has 0 saturated carbocycles. The van der Waals surface area contributed by atoms with Crippen molar-refractivity contribution in [3.63, 3.8) is 0 Å². The van der Waals surface area contributed by atoms with E-state index >= 15 is 0 Å². The number of hydrogen-bond acceptors (Lipinski definition) is 4. The monoisotopic (exact) mass is 254 g/mol. The first kappa shape index (κ1) is 14.4. The van der Waals surface area contributed by atoms with Crippen molar-refractivity contribution >= 4 is 11.8 Å². The predicted octanol–water partition coefficient (Wildman–Crippen LogP) is 1.99. The Morgan fingerprint density at radius 2 is 2.18 bits per heavy atom. The molecule has 3 nitrogen and oxygen atoms in total. The molecule has 0 aliphatic heterocycles. The standard InChI is InChI=1S/C13H22N2OS/c1-15(2)7-8-17-10-13(14)11-5-4-6-12(9-11)16-3/h4-6,9,13H,7-8,10,14H2,1-3H3. The Morgan fingerprint density at radius 3 is 2.82 bits per heavy atom. The molecular formula is C13H22N2OS. The Bertz CT molecular complexity index is 331. The Kier molecular flexibility index (Phi) is 6.40. The van der Waals surface area contributed by atoms with Gasteiger partial charge in [0.2, 0.25) is 0 Å². The molecule has 2 N–H and O–H groups in total. The minimum atomic E-state index is 0.0808. The maximum absolute atomic E-state index is 6.15. The zero-order chi connectivity index (χ0) is 12.7. The first-order valence-corrected chi connectivity index (χ1v) is 6.91. The smallest absolute Gasteiger partial charge is 0.119 e. The summed E-state index contributed by atoms with van der Waals surface area (Å²) in [7, 11) is 5.85. The summed E-state index contributed by atoms with van der Waals surface area (Å²) in [5.74, 6) is 2.93.